The van der Waals surface area contributed by atoms with Crippen molar-refractivity contribution in [1.82, 2.24) is 9.88 Å². The van der Waals surface area contributed by atoms with Crippen molar-refractivity contribution in [3.8, 4) is 0 Å². The Balaban J connectivity index is 2.20. The smallest absolute Gasteiger partial charge is 0.410 e. The van der Waals surface area contributed by atoms with Gasteiger partial charge in [0.1, 0.15) is 10.2 Å². The lowest BCUT2D eigenvalue weighted by atomic mass is 10.1. The number of carbonyl (C=O) groups is 1. The van der Waals surface area contributed by atoms with Gasteiger partial charge in [-0.3, -0.25) is 0 Å². The number of H-pyrrole nitrogens is 1. The number of amides is 1. The van der Waals surface area contributed by atoms with E-state index in [0.29, 0.717) is 0 Å². The standard InChI is InChI=1S/C15H22N2O2S/c1-10-8-11(9-16-13(10)20)12-6-5-7-17(12)14(18)19-15(2,3)4/h8-9,12H,5-7H2,1-4H3,(H,16,20)/t12-/m0/s1. The third-order valence-corrected chi connectivity index (χ3v) is 3.82. The normalized spacial score (nSPS) is 19.2. The second-order valence-electron chi connectivity index (χ2n) is 6.28. The van der Waals surface area contributed by atoms with Gasteiger partial charge in [-0.15, -0.1) is 0 Å². The predicted molar refractivity (Wildman–Crippen MR) is 81.3 cm³/mol. The zero-order chi connectivity index (χ0) is 14.9. The molecule has 0 bridgehead atoms. The molecule has 1 aromatic rings. The number of nitrogens with zero attached hydrogens (tertiary/aromatic N) is 1. The van der Waals surface area contributed by atoms with E-state index in [9.17, 15) is 4.79 Å². The van der Waals surface area contributed by atoms with Crippen LogP contribution in [0.5, 0.6) is 0 Å². The van der Waals surface area contributed by atoms with Crippen LogP contribution in [0, 0.1) is 11.6 Å². The number of carbonyl (C=O) groups excluding carboxylic acids is 1. The summed E-state index contributed by atoms with van der Waals surface area (Å²) in [4.78, 5) is 17.2. The van der Waals surface area contributed by atoms with Crippen molar-refractivity contribution in [3.05, 3.63) is 28.0 Å². The van der Waals surface area contributed by atoms with E-state index in [4.69, 9.17) is 17.0 Å². The fraction of sp³-hybridized carbons (Fsp3) is 0.600. The Morgan fingerprint density at radius 3 is 2.80 bits per heavy atom. The molecule has 1 aromatic heterocycles. The van der Waals surface area contributed by atoms with Crippen molar-refractivity contribution < 1.29 is 9.53 Å². The fourth-order valence-electron chi connectivity index (χ4n) is 2.46. The van der Waals surface area contributed by atoms with Gasteiger partial charge in [0, 0.05) is 12.7 Å². The Bertz CT molecular complexity index is 560. The highest BCUT2D eigenvalue weighted by Gasteiger charge is 2.33. The maximum Gasteiger partial charge on any atom is 0.410 e. The number of nitrogens with one attached hydrogen (secondary N) is 1. The predicted octanol–water partition coefficient (Wildman–Crippen LogP) is 4.12. The van der Waals surface area contributed by atoms with Gasteiger partial charge < -0.3 is 14.6 Å². The Kier molecular flexibility index (Phi) is 4.18. The molecule has 2 rings (SSSR count). The number of hydrogen-bond acceptors (Lipinski definition) is 3. The number of aromatic nitrogens is 1. The first kappa shape index (κ1) is 15.0. The van der Waals surface area contributed by atoms with E-state index in [0.717, 1.165) is 35.2 Å². The van der Waals surface area contributed by atoms with Crippen molar-refractivity contribution in [2.75, 3.05) is 6.54 Å². The van der Waals surface area contributed by atoms with Crippen molar-refractivity contribution in [2.24, 2.45) is 0 Å². The van der Waals surface area contributed by atoms with Crippen LogP contribution in [0.3, 0.4) is 0 Å². The lowest BCUT2D eigenvalue weighted by Crippen LogP contribution is -2.36. The van der Waals surface area contributed by atoms with Gasteiger partial charge in [-0.25, -0.2) is 4.79 Å². The Labute approximate surface area is 125 Å². The molecule has 1 atom stereocenters. The molecule has 4 nitrogen and oxygen atoms in total. The fourth-order valence-corrected chi connectivity index (χ4v) is 2.58. The third-order valence-electron chi connectivity index (χ3n) is 3.38. The molecule has 2 heterocycles. The Hall–Kier alpha value is -1.36. The minimum absolute atomic E-state index is 0.0791. The van der Waals surface area contributed by atoms with Gasteiger partial charge in [0.2, 0.25) is 0 Å². The average molecular weight is 294 g/mol. The molecule has 1 aliphatic rings. The zero-order valence-corrected chi connectivity index (χ0v) is 13.3. The van der Waals surface area contributed by atoms with Crippen LogP contribution in [0.25, 0.3) is 0 Å². The molecule has 0 radical (unpaired) electrons. The number of ether oxygens (including phenoxy) is 1. The molecule has 1 amide bonds. The van der Waals surface area contributed by atoms with Crippen LogP contribution in [0.4, 0.5) is 4.79 Å². The summed E-state index contributed by atoms with van der Waals surface area (Å²) in [5.41, 5.74) is 1.67. The molecule has 5 heteroatoms. The molecule has 20 heavy (non-hydrogen) atoms. The second kappa shape index (κ2) is 5.56. The molecule has 110 valence electrons. The van der Waals surface area contributed by atoms with Crippen LogP contribution in [0.1, 0.15) is 50.8 Å². The molecule has 0 aromatic carbocycles. The minimum atomic E-state index is -0.462. The van der Waals surface area contributed by atoms with Crippen LogP contribution in [0.15, 0.2) is 12.3 Å². The summed E-state index contributed by atoms with van der Waals surface area (Å²) in [5, 5.41) is 0. The van der Waals surface area contributed by atoms with Crippen LogP contribution in [-0.2, 0) is 4.74 Å². The topological polar surface area (TPSA) is 45.3 Å². The van der Waals surface area contributed by atoms with E-state index in [1.807, 2.05) is 38.8 Å². The molecule has 1 N–H and O–H groups in total. The van der Waals surface area contributed by atoms with Crippen LogP contribution in [0.2, 0.25) is 0 Å². The van der Waals surface area contributed by atoms with Crippen LogP contribution in [-0.4, -0.2) is 28.1 Å². The molecule has 1 fully saturated rings. The highest BCUT2D eigenvalue weighted by Crippen LogP contribution is 2.33. The van der Waals surface area contributed by atoms with Crippen LogP contribution >= 0.6 is 12.2 Å². The van der Waals surface area contributed by atoms with E-state index in [2.05, 4.69) is 11.1 Å². The quantitative estimate of drug-likeness (QED) is 0.792. The summed E-state index contributed by atoms with van der Waals surface area (Å²) in [5.74, 6) is 0. The zero-order valence-electron chi connectivity index (χ0n) is 12.5. The van der Waals surface area contributed by atoms with Gasteiger partial charge in [-0.2, -0.15) is 0 Å². The Morgan fingerprint density at radius 1 is 1.50 bits per heavy atom. The second-order valence-corrected chi connectivity index (χ2v) is 6.69. The van der Waals surface area contributed by atoms with Crippen molar-refractivity contribution in [2.45, 2.75) is 52.2 Å². The van der Waals surface area contributed by atoms with Crippen molar-refractivity contribution in [1.29, 1.82) is 0 Å². The van der Waals surface area contributed by atoms with Gasteiger partial charge in [0.15, 0.2) is 0 Å². The number of aromatic amines is 1. The molecule has 0 aliphatic carbocycles. The first-order chi connectivity index (χ1) is 9.28. The van der Waals surface area contributed by atoms with E-state index >= 15 is 0 Å². The SMILES string of the molecule is Cc1cc([C@@H]2CCCN2C(=O)OC(C)(C)C)c[nH]c1=S. The molecule has 0 saturated carbocycles. The van der Waals surface area contributed by atoms with Crippen LogP contribution < -0.4 is 0 Å². The van der Waals surface area contributed by atoms with Gasteiger partial charge >= 0.3 is 6.09 Å². The molecule has 1 aliphatic heterocycles. The maximum absolute atomic E-state index is 12.3. The highest BCUT2D eigenvalue weighted by molar-refractivity contribution is 7.71. The largest absolute Gasteiger partial charge is 0.444 e. The van der Waals surface area contributed by atoms with E-state index < -0.39 is 5.60 Å². The first-order valence-corrected chi connectivity index (χ1v) is 7.37. The number of hydrogen-bond donors (Lipinski definition) is 1. The molecular weight excluding hydrogens is 272 g/mol. The summed E-state index contributed by atoms with van der Waals surface area (Å²) >= 11 is 5.18. The average Bonchev–Trinajstić information content (AvgIpc) is 2.79. The monoisotopic (exact) mass is 294 g/mol. The third kappa shape index (κ3) is 3.39. The number of rotatable bonds is 1. The molecule has 1 saturated heterocycles. The number of likely N-dealkylation sites (tertiary alicyclic amines) is 1. The summed E-state index contributed by atoms with van der Waals surface area (Å²) in [6, 6.07) is 2.14. The van der Waals surface area contributed by atoms with E-state index in [1.165, 1.54) is 0 Å². The van der Waals surface area contributed by atoms with Gasteiger partial charge in [0.05, 0.1) is 6.04 Å². The number of pyridine rings is 1. The molecule has 0 unspecified atom stereocenters. The van der Waals surface area contributed by atoms with Gasteiger partial charge in [0.25, 0.3) is 0 Å². The summed E-state index contributed by atoms with van der Waals surface area (Å²) in [7, 11) is 0. The summed E-state index contributed by atoms with van der Waals surface area (Å²) in [6.07, 6.45) is 3.63. The van der Waals surface area contributed by atoms with E-state index in [-0.39, 0.29) is 12.1 Å². The van der Waals surface area contributed by atoms with Gasteiger partial charge in [-0.1, -0.05) is 12.2 Å². The lowest BCUT2D eigenvalue weighted by molar-refractivity contribution is 0.0224. The van der Waals surface area contributed by atoms with E-state index in [1.54, 1.807) is 0 Å². The van der Waals surface area contributed by atoms with Crippen molar-refractivity contribution >= 4 is 18.3 Å². The minimum Gasteiger partial charge on any atom is -0.444 e. The highest BCUT2D eigenvalue weighted by atomic mass is 32.1. The lowest BCUT2D eigenvalue weighted by Gasteiger charge is -2.28. The Morgan fingerprint density at radius 2 is 2.20 bits per heavy atom. The molecule has 0 spiro atoms. The first-order valence-electron chi connectivity index (χ1n) is 6.97. The van der Waals surface area contributed by atoms with Gasteiger partial charge in [-0.05, 0) is 57.7 Å². The number of aryl methyl sites for hydroxylation is 1. The van der Waals surface area contributed by atoms with Crippen molar-refractivity contribution in [3.63, 3.8) is 0 Å². The summed E-state index contributed by atoms with van der Waals surface area (Å²) in [6.45, 7) is 8.39. The summed E-state index contributed by atoms with van der Waals surface area (Å²) < 4.78 is 6.23. The molecular formula is C15H22N2O2S. The maximum atomic E-state index is 12.3.